The summed E-state index contributed by atoms with van der Waals surface area (Å²) in [5.41, 5.74) is 10.2. The lowest BCUT2D eigenvalue weighted by atomic mass is 9.97. The third kappa shape index (κ3) is 3.15. The van der Waals surface area contributed by atoms with Crippen LogP contribution in [0.1, 0.15) is 30.4 Å². The highest BCUT2D eigenvalue weighted by Crippen LogP contribution is 2.44. The standard InChI is InChI=1S/C20H21NO4/c1-2-17(21)18(19(22)23)20(24)25-11-16-14-9-5-3-7-12(14)13-8-4-6-10-15(13)16/h3-10,16-18H,2,11,21H2,1H3,(H,22,23)/t17-,18-/m1/s1. The molecule has 0 unspecified atom stereocenters. The highest BCUT2D eigenvalue weighted by Gasteiger charge is 2.35. The first kappa shape index (κ1) is 17.2. The number of rotatable bonds is 6. The van der Waals surface area contributed by atoms with Crippen molar-refractivity contribution in [2.24, 2.45) is 11.7 Å². The van der Waals surface area contributed by atoms with Crippen LogP contribution in [0.3, 0.4) is 0 Å². The molecule has 2 atom stereocenters. The average Bonchev–Trinajstić information content (AvgIpc) is 2.93. The van der Waals surface area contributed by atoms with Crippen LogP contribution < -0.4 is 5.73 Å². The fourth-order valence-corrected chi connectivity index (χ4v) is 3.39. The maximum atomic E-state index is 12.3. The van der Waals surface area contributed by atoms with Gasteiger partial charge in [0.2, 0.25) is 0 Å². The smallest absolute Gasteiger partial charge is 0.321 e. The fourth-order valence-electron chi connectivity index (χ4n) is 3.39. The van der Waals surface area contributed by atoms with Gasteiger partial charge in [0, 0.05) is 12.0 Å². The van der Waals surface area contributed by atoms with Crippen molar-refractivity contribution >= 4 is 11.9 Å². The molecule has 3 N–H and O–H groups in total. The van der Waals surface area contributed by atoms with Gasteiger partial charge < -0.3 is 15.6 Å². The van der Waals surface area contributed by atoms with Gasteiger partial charge in [-0.25, -0.2) is 0 Å². The van der Waals surface area contributed by atoms with E-state index in [1.807, 2.05) is 48.5 Å². The van der Waals surface area contributed by atoms with Gasteiger partial charge in [-0.05, 0) is 28.7 Å². The van der Waals surface area contributed by atoms with E-state index in [9.17, 15) is 14.7 Å². The number of carboxylic acids is 1. The van der Waals surface area contributed by atoms with Crippen molar-refractivity contribution in [3.05, 3.63) is 59.7 Å². The fraction of sp³-hybridized carbons (Fsp3) is 0.300. The summed E-state index contributed by atoms with van der Waals surface area (Å²) in [7, 11) is 0. The number of fused-ring (bicyclic) bond motifs is 3. The first-order valence-corrected chi connectivity index (χ1v) is 8.37. The van der Waals surface area contributed by atoms with E-state index in [1.165, 1.54) is 0 Å². The second-order valence-corrected chi connectivity index (χ2v) is 6.25. The largest absolute Gasteiger partial charge is 0.481 e. The van der Waals surface area contributed by atoms with Crippen molar-refractivity contribution in [3.63, 3.8) is 0 Å². The summed E-state index contributed by atoms with van der Waals surface area (Å²) in [6.45, 7) is 1.85. The average molecular weight is 339 g/mol. The molecule has 0 aromatic heterocycles. The van der Waals surface area contributed by atoms with Crippen LogP contribution in [0.5, 0.6) is 0 Å². The van der Waals surface area contributed by atoms with E-state index in [0.717, 1.165) is 22.3 Å². The summed E-state index contributed by atoms with van der Waals surface area (Å²) in [4.78, 5) is 23.6. The van der Waals surface area contributed by atoms with E-state index >= 15 is 0 Å². The Morgan fingerprint density at radius 3 is 2.08 bits per heavy atom. The van der Waals surface area contributed by atoms with Crippen molar-refractivity contribution in [2.45, 2.75) is 25.3 Å². The van der Waals surface area contributed by atoms with Gasteiger partial charge in [0.15, 0.2) is 5.92 Å². The summed E-state index contributed by atoms with van der Waals surface area (Å²) in [5.74, 6) is -3.45. The van der Waals surface area contributed by atoms with Crippen molar-refractivity contribution in [3.8, 4) is 11.1 Å². The Morgan fingerprint density at radius 2 is 1.60 bits per heavy atom. The quantitative estimate of drug-likeness (QED) is 0.624. The van der Waals surface area contributed by atoms with E-state index < -0.39 is 23.9 Å². The second-order valence-electron chi connectivity index (χ2n) is 6.25. The Labute approximate surface area is 146 Å². The number of esters is 1. The van der Waals surface area contributed by atoms with Crippen molar-refractivity contribution < 1.29 is 19.4 Å². The Bertz CT molecular complexity index is 756. The number of carbonyl (C=O) groups is 2. The molecule has 5 heteroatoms. The Hall–Kier alpha value is -2.66. The van der Waals surface area contributed by atoms with Gasteiger partial charge in [-0.1, -0.05) is 55.5 Å². The molecule has 2 aromatic carbocycles. The molecule has 0 saturated heterocycles. The zero-order valence-electron chi connectivity index (χ0n) is 14.0. The molecular weight excluding hydrogens is 318 g/mol. The van der Waals surface area contributed by atoms with Crippen LogP contribution in [0.4, 0.5) is 0 Å². The van der Waals surface area contributed by atoms with E-state index in [0.29, 0.717) is 6.42 Å². The minimum atomic E-state index is -1.34. The van der Waals surface area contributed by atoms with Crippen molar-refractivity contribution in [2.75, 3.05) is 6.61 Å². The molecule has 0 heterocycles. The van der Waals surface area contributed by atoms with Gasteiger partial charge in [0.25, 0.3) is 0 Å². The normalized spacial score (nSPS) is 15.1. The second kappa shape index (κ2) is 7.07. The van der Waals surface area contributed by atoms with Gasteiger partial charge in [-0.3, -0.25) is 9.59 Å². The SMILES string of the molecule is CC[C@@H](N)[C@H](C(=O)O)C(=O)OCC1c2ccccc2-c2ccccc21. The molecule has 0 amide bonds. The highest BCUT2D eigenvalue weighted by molar-refractivity contribution is 5.94. The highest BCUT2D eigenvalue weighted by atomic mass is 16.5. The zero-order chi connectivity index (χ0) is 18.0. The predicted octanol–water partition coefficient (Wildman–Crippen LogP) is 2.78. The summed E-state index contributed by atoms with van der Waals surface area (Å²) >= 11 is 0. The maximum absolute atomic E-state index is 12.3. The first-order valence-electron chi connectivity index (χ1n) is 8.37. The van der Waals surface area contributed by atoms with E-state index in [2.05, 4.69) is 0 Å². The molecule has 130 valence electrons. The molecular formula is C20H21NO4. The van der Waals surface area contributed by atoms with Crippen molar-refractivity contribution in [1.29, 1.82) is 0 Å². The first-order chi connectivity index (χ1) is 12.0. The molecule has 0 spiro atoms. The Morgan fingerprint density at radius 1 is 1.08 bits per heavy atom. The minimum absolute atomic E-state index is 0.0938. The summed E-state index contributed by atoms with van der Waals surface area (Å²) in [6, 6.07) is 15.2. The van der Waals surface area contributed by atoms with Gasteiger partial charge in [0.1, 0.15) is 6.61 Å². The van der Waals surface area contributed by atoms with Crippen molar-refractivity contribution in [1.82, 2.24) is 0 Å². The molecule has 1 aliphatic rings. The molecule has 0 aliphatic heterocycles. The van der Waals surface area contributed by atoms with Gasteiger partial charge in [-0.2, -0.15) is 0 Å². The molecule has 0 bridgehead atoms. The van der Waals surface area contributed by atoms with Crippen LogP contribution in [0.15, 0.2) is 48.5 Å². The zero-order valence-corrected chi connectivity index (χ0v) is 14.0. The number of ether oxygens (including phenoxy) is 1. The van der Waals surface area contributed by atoms with Crippen LogP contribution in [0.2, 0.25) is 0 Å². The third-order valence-corrected chi connectivity index (χ3v) is 4.77. The maximum Gasteiger partial charge on any atom is 0.321 e. The lowest BCUT2D eigenvalue weighted by Gasteiger charge is -2.19. The number of aliphatic carboxylic acids is 1. The Kier molecular flexibility index (Phi) is 4.86. The van der Waals surface area contributed by atoms with Gasteiger partial charge in [-0.15, -0.1) is 0 Å². The van der Waals surface area contributed by atoms with Crippen LogP contribution >= 0.6 is 0 Å². The predicted molar refractivity (Wildman–Crippen MR) is 94.1 cm³/mol. The van der Waals surface area contributed by atoms with Crippen LogP contribution in [0, 0.1) is 5.92 Å². The molecule has 2 aromatic rings. The minimum Gasteiger partial charge on any atom is -0.481 e. The number of carbonyl (C=O) groups excluding carboxylic acids is 1. The van der Waals surface area contributed by atoms with E-state index in [-0.39, 0.29) is 12.5 Å². The molecule has 1 aliphatic carbocycles. The van der Waals surface area contributed by atoms with Gasteiger partial charge >= 0.3 is 11.9 Å². The number of carboxylic acid groups (broad SMARTS) is 1. The molecule has 0 radical (unpaired) electrons. The number of nitrogens with two attached hydrogens (primary N) is 1. The number of benzene rings is 2. The van der Waals surface area contributed by atoms with E-state index in [1.54, 1.807) is 6.92 Å². The van der Waals surface area contributed by atoms with Gasteiger partial charge in [0.05, 0.1) is 0 Å². The number of hydrogen-bond acceptors (Lipinski definition) is 4. The van der Waals surface area contributed by atoms with Crippen LogP contribution in [-0.2, 0) is 14.3 Å². The monoisotopic (exact) mass is 339 g/mol. The lowest BCUT2D eigenvalue weighted by molar-refractivity contribution is -0.159. The number of hydrogen-bond donors (Lipinski definition) is 2. The summed E-state index contributed by atoms with van der Waals surface area (Å²) in [6.07, 6.45) is 0.390. The van der Waals surface area contributed by atoms with Crippen LogP contribution in [-0.4, -0.2) is 29.7 Å². The molecule has 25 heavy (non-hydrogen) atoms. The third-order valence-electron chi connectivity index (χ3n) is 4.77. The summed E-state index contributed by atoms with van der Waals surface area (Å²) < 4.78 is 5.39. The van der Waals surface area contributed by atoms with Crippen LogP contribution in [0.25, 0.3) is 11.1 Å². The Balaban J connectivity index is 1.82. The molecule has 0 fully saturated rings. The summed E-state index contributed by atoms with van der Waals surface area (Å²) in [5, 5.41) is 9.27. The molecule has 0 saturated carbocycles. The molecule has 5 nitrogen and oxygen atoms in total. The molecule has 3 rings (SSSR count). The lowest BCUT2D eigenvalue weighted by Crippen LogP contribution is -2.41. The van der Waals surface area contributed by atoms with E-state index in [4.69, 9.17) is 10.5 Å². The topological polar surface area (TPSA) is 89.6 Å².